The van der Waals surface area contributed by atoms with Crippen LogP contribution in [0.15, 0.2) is 66.4 Å². The highest BCUT2D eigenvalue weighted by atomic mass is 19.1. The minimum Gasteiger partial charge on any atom is -0.493 e. The lowest BCUT2D eigenvalue weighted by molar-refractivity contribution is -0.120. The van der Waals surface area contributed by atoms with Gasteiger partial charge in [-0.25, -0.2) is 9.29 Å². The molecule has 4 rings (SSSR count). The second-order valence-electron chi connectivity index (χ2n) is 7.69. The van der Waals surface area contributed by atoms with E-state index in [4.69, 9.17) is 9.47 Å². The van der Waals surface area contributed by atoms with Gasteiger partial charge in [0.25, 0.3) is 11.8 Å². The summed E-state index contributed by atoms with van der Waals surface area (Å²) in [7, 11) is 2.98. The minimum absolute atomic E-state index is 0.119. The summed E-state index contributed by atoms with van der Waals surface area (Å²) < 4.78 is 24.2. The highest BCUT2D eigenvalue weighted by molar-refractivity contribution is 6.46. The van der Waals surface area contributed by atoms with E-state index < -0.39 is 17.6 Å². The van der Waals surface area contributed by atoms with E-state index in [2.05, 4.69) is 5.32 Å². The summed E-state index contributed by atoms with van der Waals surface area (Å²) in [4.78, 5) is 28.2. The van der Waals surface area contributed by atoms with Crippen LogP contribution in [0.5, 0.6) is 11.5 Å². The molecule has 168 valence electrons. The molecule has 0 fully saturated rings. The van der Waals surface area contributed by atoms with Gasteiger partial charge in [0.1, 0.15) is 11.5 Å². The maximum atomic E-state index is 13.6. The Labute approximate surface area is 191 Å². The molecule has 0 spiro atoms. The first-order valence-corrected chi connectivity index (χ1v) is 10.3. The van der Waals surface area contributed by atoms with E-state index in [1.807, 2.05) is 32.0 Å². The summed E-state index contributed by atoms with van der Waals surface area (Å²) in [5, 5.41) is 3.15. The van der Waals surface area contributed by atoms with Crippen LogP contribution >= 0.6 is 0 Å². The quantitative estimate of drug-likeness (QED) is 0.548. The Hall–Kier alpha value is -4.13. The van der Waals surface area contributed by atoms with Gasteiger partial charge in [-0.2, -0.15) is 0 Å². The Bertz CT molecular complexity index is 1280. The van der Waals surface area contributed by atoms with Crippen LogP contribution in [-0.4, -0.2) is 26.0 Å². The van der Waals surface area contributed by atoms with E-state index >= 15 is 0 Å². The molecule has 1 N–H and O–H groups in total. The molecule has 0 unspecified atom stereocenters. The zero-order valence-electron chi connectivity index (χ0n) is 18.7. The summed E-state index contributed by atoms with van der Waals surface area (Å²) in [6, 6.07) is 16.0. The van der Waals surface area contributed by atoms with Crippen LogP contribution in [0, 0.1) is 19.7 Å². The van der Waals surface area contributed by atoms with Gasteiger partial charge in [0.05, 0.1) is 25.5 Å². The molecule has 0 bridgehead atoms. The third-order valence-electron chi connectivity index (χ3n) is 5.48. The smallest absolute Gasteiger partial charge is 0.282 e. The SMILES string of the molecule is COc1ccc(N2C(=O)C(Nc3ccc(C)cc3C)=C(c3ccc(F)cc3)C2=O)cc1OC. The van der Waals surface area contributed by atoms with E-state index in [0.29, 0.717) is 28.4 Å². The van der Waals surface area contributed by atoms with Crippen LogP contribution in [0.1, 0.15) is 16.7 Å². The van der Waals surface area contributed by atoms with Crippen LogP contribution in [0.4, 0.5) is 15.8 Å². The number of halogens is 1. The van der Waals surface area contributed by atoms with Crippen LogP contribution in [-0.2, 0) is 9.59 Å². The van der Waals surface area contributed by atoms with Crippen molar-refractivity contribution in [3.05, 3.63) is 88.9 Å². The zero-order chi connectivity index (χ0) is 23.7. The summed E-state index contributed by atoms with van der Waals surface area (Å²) in [6.07, 6.45) is 0. The van der Waals surface area contributed by atoms with Crippen molar-refractivity contribution in [3.63, 3.8) is 0 Å². The number of nitrogens with one attached hydrogen (secondary N) is 1. The molecule has 1 aliphatic heterocycles. The Morgan fingerprint density at radius 1 is 0.818 bits per heavy atom. The largest absolute Gasteiger partial charge is 0.493 e. The summed E-state index contributed by atoms with van der Waals surface area (Å²) in [5.74, 6) is -0.621. The zero-order valence-corrected chi connectivity index (χ0v) is 18.7. The molecule has 0 aromatic heterocycles. The lowest BCUT2D eigenvalue weighted by atomic mass is 10.0. The maximum absolute atomic E-state index is 13.6. The Balaban J connectivity index is 1.83. The van der Waals surface area contributed by atoms with Crippen molar-refractivity contribution in [2.45, 2.75) is 13.8 Å². The average molecular weight is 446 g/mol. The number of methoxy groups -OCH3 is 2. The van der Waals surface area contributed by atoms with Gasteiger partial charge in [-0.15, -0.1) is 0 Å². The van der Waals surface area contributed by atoms with Gasteiger partial charge in [0.2, 0.25) is 0 Å². The van der Waals surface area contributed by atoms with E-state index in [1.54, 1.807) is 18.2 Å². The predicted octanol–water partition coefficient (Wildman–Crippen LogP) is 4.86. The predicted molar refractivity (Wildman–Crippen MR) is 125 cm³/mol. The molecule has 3 aromatic carbocycles. The fraction of sp³-hybridized carbons (Fsp3) is 0.154. The van der Waals surface area contributed by atoms with Crippen molar-refractivity contribution in [1.82, 2.24) is 0 Å². The number of amides is 2. The number of rotatable bonds is 6. The second-order valence-corrected chi connectivity index (χ2v) is 7.69. The van der Waals surface area contributed by atoms with Crippen molar-refractivity contribution in [1.29, 1.82) is 0 Å². The van der Waals surface area contributed by atoms with Crippen molar-refractivity contribution >= 4 is 28.8 Å². The maximum Gasteiger partial charge on any atom is 0.282 e. The molecule has 0 radical (unpaired) electrons. The van der Waals surface area contributed by atoms with Crippen molar-refractivity contribution in [2.75, 3.05) is 24.4 Å². The molecule has 0 atom stereocenters. The fourth-order valence-electron chi connectivity index (χ4n) is 3.82. The number of hydrogen-bond donors (Lipinski definition) is 1. The third kappa shape index (κ3) is 4.05. The lowest BCUT2D eigenvalue weighted by Gasteiger charge is -2.18. The second kappa shape index (κ2) is 8.78. The first-order chi connectivity index (χ1) is 15.8. The number of carbonyl (C=O) groups is 2. The highest BCUT2D eigenvalue weighted by Gasteiger charge is 2.40. The number of benzene rings is 3. The fourth-order valence-corrected chi connectivity index (χ4v) is 3.82. The molecular weight excluding hydrogens is 423 g/mol. The number of ether oxygens (including phenoxy) is 2. The first kappa shape index (κ1) is 22.1. The van der Waals surface area contributed by atoms with E-state index in [-0.39, 0.29) is 11.3 Å². The van der Waals surface area contributed by atoms with Gasteiger partial charge in [0.15, 0.2) is 11.5 Å². The molecule has 0 saturated carbocycles. The molecule has 1 heterocycles. The molecule has 0 saturated heterocycles. The number of imide groups is 1. The van der Waals surface area contributed by atoms with Crippen LogP contribution < -0.4 is 19.7 Å². The standard InChI is InChI=1S/C26H23FN2O4/c1-15-5-11-20(16(2)13-15)28-24-23(17-6-8-18(27)9-7-17)25(30)29(26(24)31)19-10-12-21(32-3)22(14-19)33-4/h5-14,28H,1-4H3. The topological polar surface area (TPSA) is 67.9 Å². The average Bonchev–Trinajstić information content (AvgIpc) is 3.05. The summed E-state index contributed by atoms with van der Waals surface area (Å²) >= 11 is 0. The van der Waals surface area contributed by atoms with Crippen LogP contribution in [0.3, 0.4) is 0 Å². The van der Waals surface area contributed by atoms with Crippen molar-refractivity contribution in [3.8, 4) is 11.5 Å². The summed E-state index contributed by atoms with van der Waals surface area (Å²) in [5.41, 5.74) is 3.75. The van der Waals surface area contributed by atoms with Gasteiger partial charge in [0, 0.05) is 11.8 Å². The molecule has 3 aromatic rings. The molecule has 7 heteroatoms. The van der Waals surface area contributed by atoms with Gasteiger partial charge in [-0.05, 0) is 55.3 Å². The van der Waals surface area contributed by atoms with E-state index in [1.165, 1.54) is 38.5 Å². The summed E-state index contributed by atoms with van der Waals surface area (Å²) in [6.45, 7) is 3.89. The van der Waals surface area contributed by atoms with Gasteiger partial charge in [-0.3, -0.25) is 9.59 Å². The highest BCUT2D eigenvalue weighted by Crippen LogP contribution is 2.38. The number of nitrogens with zero attached hydrogens (tertiary/aromatic N) is 1. The molecule has 6 nitrogen and oxygen atoms in total. The first-order valence-electron chi connectivity index (χ1n) is 10.3. The minimum atomic E-state index is -0.522. The van der Waals surface area contributed by atoms with E-state index in [9.17, 15) is 14.0 Å². The third-order valence-corrected chi connectivity index (χ3v) is 5.48. The Kier molecular flexibility index (Phi) is 5.87. The molecular formula is C26H23FN2O4. The van der Waals surface area contributed by atoms with Crippen molar-refractivity contribution < 1.29 is 23.5 Å². The van der Waals surface area contributed by atoms with Crippen molar-refractivity contribution in [2.24, 2.45) is 0 Å². The number of aryl methyl sites for hydroxylation is 2. The molecule has 2 amide bonds. The van der Waals surface area contributed by atoms with Gasteiger partial charge >= 0.3 is 0 Å². The van der Waals surface area contributed by atoms with E-state index in [0.717, 1.165) is 16.0 Å². The number of anilines is 2. The van der Waals surface area contributed by atoms with Gasteiger partial charge < -0.3 is 14.8 Å². The molecule has 0 aliphatic carbocycles. The van der Waals surface area contributed by atoms with Crippen LogP contribution in [0.25, 0.3) is 5.57 Å². The Morgan fingerprint density at radius 3 is 2.15 bits per heavy atom. The Morgan fingerprint density at radius 2 is 1.52 bits per heavy atom. The number of carbonyl (C=O) groups excluding carboxylic acids is 2. The van der Waals surface area contributed by atoms with Gasteiger partial charge in [-0.1, -0.05) is 29.8 Å². The molecule has 33 heavy (non-hydrogen) atoms. The van der Waals surface area contributed by atoms with Crippen LogP contribution in [0.2, 0.25) is 0 Å². The molecule has 1 aliphatic rings. The normalized spacial score (nSPS) is 13.5. The monoisotopic (exact) mass is 446 g/mol. The number of hydrogen-bond acceptors (Lipinski definition) is 5. The lowest BCUT2D eigenvalue weighted by Crippen LogP contribution is -2.32.